The fraction of sp³-hybridized carbons (Fsp3) is 0.320. The van der Waals surface area contributed by atoms with Crippen LogP contribution in [0.2, 0.25) is 5.02 Å². The molecule has 0 radical (unpaired) electrons. The molecule has 0 saturated heterocycles. The molecule has 1 aliphatic heterocycles. The van der Waals surface area contributed by atoms with Crippen molar-refractivity contribution in [3.8, 4) is 0 Å². The average molecular weight is 534 g/mol. The van der Waals surface area contributed by atoms with E-state index in [2.05, 4.69) is 16.3 Å². The van der Waals surface area contributed by atoms with Gasteiger partial charge in [0.2, 0.25) is 11.8 Å². The standard InChI is InChI=1S/C25H29Cl2N5O4/c1-25(2,3)36-24(35)21(13-17-7-5-4-6-8-17)31(23(34)15-26)16-22(33)29-19-14-18(27)9-10-20(19)32-12-11-28-30-32/h4-12,14,21,28,30H,13,15-16H2,1-3H3,(H,29,33). The van der Waals surface area contributed by atoms with Crippen molar-refractivity contribution < 1.29 is 19.1 Å². The molecule has 0 saturated carbocycles. The zero-order chi connectivity index (χ0) is 26.3. The van der Waals surface area contributed by atoms with Crippen molar-refractivity contribution in [2.45, 2.75) is 38.8 Å². The Morgan fingerprint density at radius 3 is 2.47 bits per heavy atom. The molecule has 0 bridgehead atoms. The Morgan fingerprint density at radius 2 is 1.86 bits per heavy atom. The van der Waals surface area contributed by atoms with Crippen molar-refractivity contribution in [3.05, 3.63) is 71.5 Å². The summed E-state index contributed by atoms with van der Waals surface area (Å²) in [5.74, 6) is -2.13. The number of ether oxygens (including phenoxy) is 1. The molecule has 1 heterocycles. The lowest BCUT2D eigenvalue weighted by Gasteiger charge is -2.32. The summed E-state index contributed by atoms with van der Waals surface area (Å²) < 4.78 is 5.60. The molecular weight excluding hydrogens is 505 g/mol. The topological polar surface area (TPSA) is 103 Å². The van der Waals surface area contributed by atoms with Crippen LogP contribution < -0.4 is 21.3 Å². The third-order valence-electron chi connectivity index (χ3n) is 5.06. The van der Waals surface area contributed by atoms with Gasteiger partial charge in [-0.05, 0) is 44.5 Å². The van der Waals surface area contributed by atoms with Crippen LogP contribution in [0.15, 0.2) is 60.9 Å². The van der Waals surface area contributed by atoms with E-state index in [1.54, 1.807) is 56.4 Å². The number of esters is 1. The summed E-state index contributed by atoms with van der Waals surface area (Å²) in [7, 11) is 0. The number of carbonyl (C=O) groups is 3. The summed E-state index contributed by atoms with van der Waals surface area (Å²) >= 11 is 12.0. The minimum atomic E-state index is -1.06. The minimum Gasteiger partial charge on any atom is -0.458 e. The maximum Gasteiger partial charge on any atom is 0.329 e. The minimum absolute atomic E-state index is 0.155. The molecule has 36 heavy (non-hydrogen) atoms. The lowest BCUT2D eigenvalue weighted by atomic mass is 10.0. The molecule has 0 spiro atoms. The normalized spacial score (nSPS) is 13.6. The number of nitrogens with zero attached hydrogens (tertiary/aromatic N) is 2. The average Bonchev–Trinajstić information content (AvgIpc) is 3.35. The van der Waals surface area contributed by atoms with Gasteiger partial charge in [-0.1, -0.05) is 41.9 Å². The van der Waals surface area contributed by atoms with E-state index in [1.807, 2.05) is 30.3 Å². The molecule has 0 aliphatic carbocycles. The predicted octanol–water partition coefficient (Wildman–Crippen LogP) is 3.60. The van der Waals surface area contributed by atoms with Crippen molar-refractivity contribution in [2.75, 3.05) is 22.8 Å². The van der Waals surface area contributed by atoms with E-state index < -0.39 is 41.9 Å². The highest BCUT2D eigenvalue weighted by Crippen LogP contribution is 2.29. The lowest BCUT2D eigenvalue weighted by Crippen LogP contribution is -2.51. The Hall–Kier alpha value is -3.27. The molecule has 2 aromatic carbocycles. The molecule has 3 N–H and O–H groups in total. The molecule has 2 amide bonds. The highest BCUT2D eigenvalue weighted by atomic mass is 35.5. The third kappa shape index (κ3) is 7.61. The molecule has 192 valence electrons. The first-order valence-electron chi connectivity index (χ1n) is 11.3. The first-order valence-corrected chi connectivity index (χ1v) is 12.2. The Kier molecular flexibility index (Phi) is 9.19. The number of amides is 2. The number of rotatable bonds is 9. The van der Waals surface area contributed by atoms with Crippen LogP contribution in [0.25, 0.3) is 0 Å². The summed E-state index contributed by atoms with van der Waals surface area (Å²) in [6, 6.07) is 13.1. The number of nitrogens with one attached hydrogen (secondary N) is 3. The van der Waals surface area contributed by atoms with Gasteiger partial charge in [0.05, 0.1) is 11.4 Å². The van der Waals surface area contributed by atoms with Crippen molar-refractivity contribution >= 4 is 52.4 Å². The maximum atomic E-state index is 13.2. The number of alkyl halides is 1. The molecule has 1 aliphatic rings. The largest absolute Gasteiger partial charge is 0.458 e. The zero-order valence-electron chi connectivity index (χ0n) is 20.3. The van der Waals surface area contributed by atoms with Crippen LogP contribution in [0.3, 0.4) is 0 Å². The predicted molar refractivity (Wildman–Crippen MR) is 140 cm³/mol. The lowest BCUT2D eigenvalue weighted by molar-refractivity contribution is -0.164. The molecule has 0 aromatic heterocycles. The smallest absolute Gasteiger partial charge is 0.329 e. The summed E-state index contributed by atoms with van der Waals surface area (Å²) in [4.78, 5) is 40.4. The van der Waals surface area contributed by atoms with Gasteiger partial charge in [0.15, 0.2) is 0 Å². The Balaban J connectivity index is 1.87. The van der Waals surface area contributed by atoms with Gasteiger partial charge in [-0.2, -0.15) is 0 Å². The molecule has 1 unspecified atom stereocenters. The highest BCUT2D eigenvalue weighted by Gasteiger charge is 2.34. The summed E-state index contributed by atoms with van der Waals surface area (Å²) in [5.41, 5.74) is 6.74. The van der Waals surface area contributed by atoms with E-state index in [0.717, 1.165) is 10.5 Å². The van der Waals surface area contributed by atoms with Crippen LogP contribution in [-0.4, -0.2) is 46.8 Å². The molecule has 9 nitrogen and oxygen atoms in total. The van der Waals surface area contributed by atoms with Gasteiger partial charge in [0, 0.05) is 23.8 Å². The van der Waals surface area contributed by atoms with Crippen molar-refractivity contribution in [1.82, 2.24) is 15.9 Å². The van der Waals surface area contributed by atoms with E-state index in [1.165, 1.54) is 0 Å². The number of anilines is 2. The van der Waals surface area contributed by atoms with Crippen LogP contribution in [-0.2, 0) is 25.5 Å². The van der Waals surface area contributed by atoms with Crippen LogP contribution in [0, 0.1) is 0 Å². The summed E-state index contributed by atoms with van der Waals surface area (Å²) in [6.07, 6.45) is 3.55. The first-order chi connectivity index (χ1) is 17.1. The molecule has 11 heteroatoms. The number of benzene rings is 2. The third-order valence-corrected chi connectivity index (χ3v) is 5.52. The maximum absolute atomic E-state index is 13.2. The molecule has 0 fully saturated rings. The van der Waals surface area contributed by atoms with Crippen molar-refractivity contribution in [3.63, 3.8) is 0 Å². The molecule has 1 atom stereocenters. The van der Waals surface area contributed by atoms with E-state index in [0.29, 0.717) is 16.4 Å². The second kappa shape index (κ2) is 12.1. The van der Waals surface area contributed by atoms with Gasteiger partial charge in [0.1, 0.15) is 24.1 Å². The summed E-state index contributed by atoms with van der Waals surface area (Å²) in [5, 5.41) is 4.84. The monoisotopic (exact) mass is 533 g/mol. The van der Waals surface area contributed by atoms with E-state index in [-0.39, 0.29) is 6.42 Å². The van der Waals surface area contributed by atoms with Crippen molar-refractivity contribution in [2.24, 2.45) is 0 Å². The number of hydrazine groups is 2. The second-order valence-corrected chi connectivity index (χ2v) is 9.75. The Labute approximate surface area is 220 Å². The highest BCUT2D eigenvalue weighted by molar-refractivity contribution is 6.31. The van der Waals surface area contributed by atoms with Crippen LogP contribution in [0.1, 0.15) is 26.3 Å². The van der Waals surface area contributed by atoms with E-state index in [4.69, 9.17) is 27.9 Å². The number of halogens is 2. The molecule has 2 aromatic rings. The fourth-order valence-corrected chi connectivity index (χ4v) is 3.86. The number of hydrogen-bond acceptors (Lipinski definition) is 7. The zero-order valence-corrected chi connectivity index (χ0v) is 21.8. The van der Waals surface area contributed by atoms with E-state index in [9.17, 15) is 14.4 Å². The van der Waals surface area contributed by atoms with Gasteiger partial charge >= 0.3 is 5.97 Å². The van der Waals surface area contributed by atoms with Gasteiger partial charge in [-0.3, -0.25) is 14.6 Å². The molecule has 3 rings (SSSR count). The van der Waals surface area contributed by atoms with Gasteiger partial charge in [-0.25, -0.2) is 4.79 Å². The van der Waals surface area contributed by atoms with Crippen LogP contribution in [0.4, 0.5) is 11.4 Å². The van der Waals surface area contributed by atoms with Crippen LogP contribution >= 0.6 is 23.2 Å². The summed E-state index contributed by atoms with van der Waals surface area (Å²) in [6.45, 7) is 4.79. The Morgan fingerprint density at radius 1 is 1.14 bits per heavy atom. The SMILES string of the molecule is CC(C)(C)OC(=O)C(Cc1ccccc1)N(CC(=O)Nc1cc(Cl)ccc1N1C=CNN1)C(=O)CCl. The fourth-order valence-electron chi connectivity index (χ4n) is 3.54. The van der Waals surface area contributed by atoms with Gasteiger partial charge in [-0.15, -0.1) is 17.1 Å². The number of hydrogen-bond donors (Lipinski definition) is 3. The van der Waals surface area contributed by atoms with Crippen molar-refractivity contribution in [1.29, 1.82) is 0 Å². The number of carbonyl (C=O) groups excluding carboxylic acids is 3. The second-order valence-electron chi connectivity index (χ2n) is 9.05. The van der Waals surface area contributed by atoms with E-state index >= 15 is 0 Å². The Bertz CT molecular complexity index is 1120. The van der Waals surface area contributed by atoms with Crippen LogP contribution in [0.5, 0.6) is 0 Å². The van der Waals surface area contributed by atoms with Gasteiger partial charge in [0.25, 0.3) is 0 Å². The van der Waals surface area contributed by atoms with Gasteiger partial charge < -0.3 is 20.4 Å². The first kappa shape index (κ1) is 27.3. The quantitative estimate of drug-likeness (QED) is 0.334. The molecular formula is C25H29Cl2N5O4.